The molecule has 4 aromatic carbocycles. The Morgan fingerprint density at radius 1 is 0.864 bits per heavy atom. The van der Waals surface area contributed by atoms with Gasteiger partial charge in [-0.2, -0.15) is 0 Å². The number of nitrogens with one attached hydrogen (secondary N) is 1. The number of aryl methyl sites for hydroxylation is 1. The third-order valence-electron chi connectivity index (χ3n) is 6.81. The third kappa shape index (κ3) is 6.91. The van der Waals surface area contributed by atoms with Crippen molar-refractivity contribution >= 4 is 46.7 Å². The number of aliphatic carboxylic acids is 1. The minimum Gasteiger partial charge on any atom is -0.478 e. The van der Waals surface area contributed by atoms with E-state index in [1.54, 1.807) is 24.3 Å². The van der Waals surface area contributed by atoms with Crippen LogP contribution in [0.2, 0.25) is 10.0 Å². The van der Waals surface area contributed by atoms with Gasteiger partial charge in [0.1, 0.15) is 17.3 Å². The summed E-state index contributed by atoms with van der Waals surface area (Å²) in [6.07, 6.45) is 2.64. The monoisotopic (exact) mass is 629 g/mol. The number of imidazole rings is 1. The lowest BCUT2D eigenvalue weighted by Gasteiger charge is -2.11. The van der Waals surface area contributed by atoms with Gasteiger partial charge in [0.15, 0.2) is 0 Å². The third-order valence-corrected chi connectivity index (χ3v) is 7.36. The second kappa shape index (κ2) is 13.0. The summed E-state index contributed by atoms with van der Waals surface area (Å²) in [5, 5.41) is 21.5. The summed E-state index contributed by atoms with van der Waals surface area (Å²) >= 11 is 12.5. The van der Waals surface area contributed by atoms with E-state index >= 15 is 0 Å². The molecule has 1 aromatic heterocycles. The highest BCUT2D eigenvalue weighted by atomic mass is 35.5. The molecule has 9 nitrogen and oxygen atoms in total. The van der Waals surface area contributed by atoms with Crippen molar-refractivity contribution in [1.82, 2.24) is 9.55 Å². The first-order chi connectivity index (χ1) is 21.1. The van der Waals surface area contributed by atoms with E-state index in [0.717, 1.165) is 40.3 Å². The van der Waals surface area contributed by atoms with Crippen LogP contribution in [-0.4, -0.2) is 37.6 Å². The number of carboxylic acids is 2. The Bertz CT molecular complexity index is 1870. The van der Waals surface area contributed by atoms with Gasteiger partial charge in [-0.15, -0.1) is 0 Å². The number of aromatic nitrogens is 2. The Morgan fingerprint density at radius 2 is 1.52 bits per heavy atom. The van der Waals surface area contributed by atoms with Crippen molar-refractivity contribution in [1.29, 1.82) is 0 Å². The van der Waals surface area contributed by atoms with Gasteiger partial charge >= 0.3 is 17.8 Å². The number of hydrogen-bond donors (Lipinski definition) is 3. The van der Waals surface area contributed by atoms with E-state index in [0.29, 0.717) is 22.2 Å². The predicted molar refractivity (Wildman–Crippen MR) is 168 cm³/mol. The van der Waals surface area contributed by atoms with Gasteiger partial charge in [0.25, 0.3) is 0 Å². The number of benzene rings is 4. The number of nitrogens with zero attached hydrogens (tertiary/aromatic N) is 2. The Kier molecular flexibility index (Phi) is 8.99. The molecule has 0 aliphatic carbocycles. The van der Waals surface area contributed by atoms with E-state index in [1.807, 2.05) is 36.5 Å². The Hall–Kier alpha value is -5.12. The number of halogens is 2. The van der Waals surface area contributed by atoms with Crippen LogP contribution < -0.4 is 10.1 Å². The van der Waals surface area contributed by atoms with Gasteiger partial charge in [0, 0.05) is 29.7 Å². The lowest BCUT2D eigenvalue weighted by atomic mass is 10.0. The van der Waals surface area contributed by atoms with Gasteiger partial charge in [0.2, 0.25) is 0 Å². The molecule has 3 N–H and O–H groups in total. The van der Waals surface area contributed by atoms with Gasteiger partial charge in [-0.05, 0) is 72.1 Å². The normalized spacial score (nSPS) is 10.8. The first-order valence-electron chi connectivity index (χ1n) is 13.4. The molecule has 0 atom stereocenters. The standard InChI is InChI=1S/C33H25Cl2N3O6/c1-2-38-18-29(25-13-9-22(34)16-27(25)35)36-30(38)15-19-3-5-20(6-4-19)21-7-10-23(11-8-21)44-24-12-14-28(26(17-24)32(40)41)37-31(39)33(42)43/h3-14,16-18H,2,15H2,1H3,(H,37,39)(H,40,41)(H,42,43). The van der Waals surface area contributed by atoms with Crippen molar-refractivity contribution in [3.8, 4) is 33.9 Å². The maximum atomic E-state index is 11.7. The summed E-state index contributed by atoms with van der Waals surface area (Å²) < 4.78 is 7.91. The molecular formula is C33H25Cl2N3O6. The van der Waals surface area contributed by atoms with Crippen LogP contribution in [0, 0.1) is 0 Å². The number of carboxylic acid groups (broad SMARTS) is 2. The molecule has 0 bridgehead atoms. The number of rotatable bonds is 9. The van der Waals surface area contributed by atoms with Crippen molar-refractivity contribution in [2.24, 2.45) is 0 Å². The van der Waals surface area contributed by atoms with E-state index in [2.05, 4.69) is 28.9 Å². The second-order valence-electron chi connectivity index (χ2n) is 9.72. The molecule has 11 heteroatoms. The molecule has 5 rings (SSSR count). The lowest BCUT2D eigenvalue weighted by Crippen LogP contribution is -2.23. The summed E-state index contributed by atoms with van der Waals surface area (Å²) in [7, 11) is 0. The van der Waals surface area contributed by atoms with Gasteiger partial charge in [-0.3, -0.25) is 4.79 Å². The zero-order chi connectivity index (χ0) is 31.4. The summed E-state index contributed by atoms with van der Waals surface area (Å²) in [5.74, 6) is -2.82. The molecule has 222 valence electrons. The van der Waals surface area contributed by atoms with Crippen LogP contribution in [0.4, 0.5) is 5.69 Å². The number of ether oxygens (including phenoxy) is 1. The van der Waals surface area contributed by atoms with Gasteiger partial charge < -0.3 is 24.8 Å². The minimum absolute atomic E-state index is 0.152. The Labute approximate surface area is 262 Å². The van der Waals surface area contributed by atoms with Crippen molar-refractivity contribution in [3.63, 3.8) is 0 Å². The van der Waals surface area contributed by atoms with Gasteiger partial charge in [0.05, 0.1) is 22.0 Å². The fourth-order valence-corrected chi connectivity index (χ4v) is 5.10. The van der Waals surface area contributed by atoms with Crippen molar-refractivity contribution in [2.45, 2.75) is 19.9 Å². The zero-order valence-corrected chi connectivity index (χ0v) is 24.8. The van der Waals surface area contributed by atoms with Crippen LogP contribution in [0.15, 0.2) is 91.1 Å². The van der Waals surface area contributed by atoms with E-state index < -0.39 is 17.8 Å². The van der Waals surface area contributed by atoms with Crippen molar-refractivity contribution in [3.05, 3.63) is 118 Å². The number of anilines is 1. The molecule has 0 fully saturated rings. The molecule has 5 aromatic rings. The minimum atomic E-state index is -1.73. The molecular weight excluding hydrogens is 605 g/mol. The number of carbonyl (C=O) groups excluding carboxylic acids is 1. The van der Waals surface area contributed by atoms with E-state index in [4.69, 9.17) is 38.0 Å². The largest absolute Gasteiger partial charge is 0.478 e. The fourth-order valence-electron chi connectivity index (χ4n) is 4.59. The highest BCUT2D eigenvalue weighted by Crippen LogP contribution is 2.31. The number of amides is 1. The molecule has 0 spiro atoms. The Balaban J connectivity index is 1.27. The molecule has 0 saturated carbocycles. The molecule has 1 amide bonds. The van der Waals surface area contributed by atoms with Crippen LogP contribution in [0.1, 0.15) is 28.7 Å². The summed E-state index contributed by atoms with van der Waals surface area (Å²) in [6.45, 7) is 2.83. The highest BCUT2D eigenvalue weighted by molar-refractivity contribution is 6.37. The first kappa shape index (κ1) is 30.3. The summed E-state index contributed by atoms with van der Waals surface area (Å²) in [5.41, 5.74) is 4.22. The van der Waals surface area contributed by atoms with Crippen molar-refractivity contribution in [2.75, 3.05) is 5.32 Å². The topological polar surface area (TPSA) is 131 Å². The maximum absolute atomic E-state index is 11.7. The van der Waals surface area contributed by atoms with Crippen molar-refractivity contribution < 1.29 is 29.3 Å². The van der Waals surface area contributed by atoms with E-state index in [-0.39, 0.29) is 17.0 Å². The van der Waals surface area contributed by atoms with Crippen LogP contribution >= 0.6 is 23.2 Å². The quantitative estimate of drug-likeness (QED) is 0.143. The summed E-state index contributed by atoms with van der Waals surface area (Å²) in [6, 6.07) is 24.8. The molecule has 0 radical (unpaired) electrons. The number of carbonyl (C=O) groups is 3. The second-order valence-corrected chi connectivity index (χ2v) is 10.6. The number of aromatic carboxylic acids is 1. The van der Waals surface area contributed by atoms with E-state index in [9.17, 15) is 19.5 Å². The zero-order valence-electron chi connectivity index (χ0n) is 23.3. The smallest absolute Gasteiger partial charge is 0.394 e. The van der Waals surface area contributed by atoms with Gasteiger partial charge in [-0.25, -0.2) is 14.6 Å². The van der Waals surface area contributed by atoms with Crippen LogP contribution in [-0.2, 0) is 22.6 Å². The average molecular weight is 630 g/mol. The fraction of sp³-hybridized carbons (Fsp3) is 0.0909. The van der Waals surface area contributed by atoms with Crippen LogP contribution in [0.3, 0.4) is 0 Å². The first-order valence-corrected chi connectivity index (χ1v) is 14.2. The average Bonchev–Trinajstić information content (AvgIpc) is 3.40. The molecule has 0 aliphatic rings. The Morgan fingerprint density at radius 3 is 2.14 bits per heavy atom. The number of hydrogen-bond acceptors (Lipinski definition) is 5. The molecule has 0 unspecified atom stereocenters. The SMILES string of the molecule is CCn1cc(-c2ccc(Cl)cc2Cl)nc1Cc1ccc(-c2ccc(Oc3ccc(NC(=O)C(=O)O)c(C(=O)O)c3)cc2)cc1. The van der Waals surface area contributed by atoms with E-state index in [1.165, 1.54) is 18.2 Å². The molecule has 0 saturated heterocycles. The maximum Gasteiger partial charge on any atom is 0.394 e. The highest BCUT2D eigenvalue weighted by Gasteiger charge is 2.18. The molecule has 44 heavy (non-hydrogen) atoms. The van der Waals surface area contributed by atoms with Crippen LogP contribution in [0.25, 0.3) is 22.4 Å². The predicted octanol–water partition coefficient (Wildman–Crippen LogP) is 7.65. The van der Waals surface area contributed by atoms with Crippen LogP contribution in [0.5, 0.6) is 11.5 Å². The lowest BCUT2D eigenvalue weighted by molar-refractivity contribution is -0.147. The summed E-state index contributed by atoms with van der Waals surface area (Å²) in [4.78, 5) is 38.8. The molecule has 0 aliphatic heterocycles. The van der Waals surface area contributed by atoms with Gasteiger partial charge in [-0.1, -0.05) is 59.6 Å². The molecule has 1 heterocycles.